The number of carbonyl (C=O) groups is 2. The number of primary amides is 1. The zero-order valence-corrected chi connectivity index (χ0v) is 18.2. The lowest BCUT2D eigenvalue weighted by Crippen LogP contribution is -2.27. The van der Waals surface area contributed by atoms with Gasteiger partial charge in [0.2, 0.25) is 9.84 Å². The van der Waals surface area contributed by atoms with Crippen molar-refractivity contribution in [3.05, 3.63) is 81.9 Å². The van der Waals surface area contributed by atoms with E-state index in [2.05, 4.69) is 4.98 Å². The fourth-order valence-corrected chi connectivity index (χ4v) is 5.22. The van der Waals surface area contributed by atoms with E-state index in [4.69, 9.17) is 17.3 Å². The van der Waals surface area contributed by atoms with E-state index in [0.29, 0.717) is 0 Å². The van der Waals surface area contributed by atoms with Gasteiger partial charge in [0.1, 0.15) is 22.1 Å². The third-order valence-corrected chi connectivity index (χ3v) is 6.80. The average molecular weight is 464 g/mol. The number of amides is 2. The summed E-state index contributed by atoms with van der Waals surface area (Å²) in [6.07, 6.45) is 0. The first-order valence-corrected chi connectivity index (χ1v) is 10.9. The molecular formula is C21H19ClFN3O4S. The van der Waals surface area contributed by atoms with Gasteiger partial charge in [-0.1, -0.05) is 41.9 Å². The summed E-state index contributed by atoms with van der Waals surface area (Å²) >= 11 is 5.80. The Bertz CT molecular complexity index is 1250. The smallest absolute Gasteiger partial charge is 0.270 e. The van der Waals surface area contributed by atoms with Crippen LogP contribution in [0.3, 0.4) is 0 Å². The fourth-order valence-electron chi connectivity index (χ4n) is 3.22. The van der Waals surface area contributed by atoms with E-state index >= 15 is 0 Å². The number of H-pyrrole nitrogens is 1. The Hall–Kier alpha value is -3.17. The normalized spacial score (nSPS) is 11.4. The molecule has 3 aromatic rings. The van der Waals surface area contributed by atoms with Gasteiger partial charge >= 0.3 is 0 Å². The molecule has 162 valence electrons. The largest absolute Gasteiger partial charge is 0.364 e. The number of sulfone groups is 1. The van der Waals surface area contributed by atoms with Crippen LogP contribution in [0.5, 0.6) is 0 Å². The Balaban J connectivity index is 2.09. The molecule has 0 saturated carbocycles. The van der Waals surface area contributed by atoms with Gasteiger partial charge in [0, 0.05) is 18.6 Å². The van der Waals surface area contributed by atoms with Crippen LogP contribution < -0.4 is 5.73 Å². The summed E-state index contributed by atoms with van der Waals surface area (Å²) in [7, 11) is -2.87. The number of rotatable bonds is 6. The Labute approximate surface area is 183 Å². The lowest BCUT2D eigenvalue weighted by Gasteiger charge is -2.17. The zero-order chi connectivity index (χ0) is 22.9. The minimum Gasteiger partial charge on any atom is -0.364 e. The highest BCUT2D eigenvalue weighted by Gasteiger charge is 2.33. The van der Waals surface area contributed by atoms with Gasteiger partial charge in [-0.05, 0) is 36.2 Å². The monoisotopic (exact) mass is 463 g/mol. The summed E-state index contributed by atoms with van der Waals surface area (Å²) in [6.45, 7) is 1.63. The van der Waals surface area contributed by atoms with Crippen molar-refractivity contribution in [1.29, 1.82) is 0 Å². The maximum atomic E-state index is 13.8. The molecular weight excluding hydrogens is 445 g/mol. The highest BCUT2D eigenvalue weighted by atomic mass is 35.5. The van der Waals surface area contributed by atoms with Crippen LogP contribution in [0.1, 0.15) is 32.1 Å². The van der Waals surface area contributed by atoms with Crippen LogP contribution in [-0.4, -0.2) is 37.2 Å². The number of aromatic nitrogens is 1. The predicted molar refractivity (Wildman–Crippen MR) is 113 cm³/mol. The predicted octanol–water partition coefficient (Wildman–Crippen LogP) is 3.32. The van der Waals surface area contributed by atoms with Crippen LogP contribution in [0.4, 0.5) is 4.39 Å². The Morgan fingerprint density at radius 3 is 2.35 bits per heavy atom. The average Bonchev–Trinajstić information content (AvgIpc) is 3.05. The lowest BCUT2D eigenvalue weighted by atomic mass is 10.2. The number of aromatic amines is 1. The second kappa shape index (κ2) is 8.52. The molecule has 0 saturated heterocycles. The van der Waals surface area contributed by atoms with Crippen molar-refractivity contribution >= 4 is 33.3 Å². The van der Waals surface area contributed by atoms with Gasteiger partial charge in [0.15, 0.2) is 0 Å². The quantitative estimate of drug-likeness (QED) is 0.583. The minimum absolute atomic E-state index is 0.000838. The molecule has 0 aliphatic rings. The maximum absolute atomic E-state index is 13.8. The van der Waals surface area contributed by atoms with E-state index in [1.165, 1.54) is 11.8 Å². The summed E-state index contributed by atoms with van der Waals surface area (Å²) in [5.41, 5.74) is 5.66. The molecule has 0 spiro atoms. The molecule has 3 rings (SSSR count). The first-order chi connectivity index (χ1) is 14.5. The van der Waals surface area contributed by atoms with Crippen molar-refractivity contribution in [2.75, 3.05) is 7.05 Å². The SMILES string of the molecule is Cc1c(C(=O)N(C)Cc2ccccc2)[nH]c(C(N)=O)c1S(=O)(=O)c1cc(F)cc(Cl)c1. The molecule has 0 fully saturated rings. The number of benzene rings is 2. The number of nitrogens with two attached hydrogens (primary N) is 1. The first kappa shape index (κ1) is 22.5. The molecule has 10 heteroatoms. The fraction of sp³-hybridized carbons (Fsp3) is 0.143. The third kappa shape index (κ3) is 4.47. The van der Waals surface area contributed by atoms with Crippen molar-refractivity contribution in [2.45, 2.75) is 23.3 Å². The molecule has 0 atom stereocenters. The van der Waals surface area contributed by atoms with Gasteiger partial charge < -0.3 is 15.6 Å². The second-order valence-electron chi connectivity index (χ2n) is 6.95. The van der Waals surface area contributed by atoms with E-state index in [9.17, 15) is 22.4 Å². The topological polar surface area (TPSA) is 113 Å². The molecule has 2 amide bonds. The summed E-state index contributed by atoms with van der Waals surface area (Å²) in [6, 6.07) is 12.0. The molecule has 0 aliphatic heterocycles. The summed E-state index contributed by atoms with van der Waals surface area (Å²) < 4.78 is 40.2. The standard InChI is InChI=1S/C21H19ClFN3O4S/c1-12-17(21(28)26(2)11-13-6-4-3-5-7-13)25-18(20(24)27)19(12)31(29,30)16-9-14(22)8-15(23)10-16/h3-10,25H,11H2,1-2H3,(H2,24,27). The molecule has 7 nitrogen and oxygen atoms in total. The van der Waals surface area contributed by atoms with E-state index in [1.807, 2.05) is 30.3 Å². The molecule has 0 unspecified atom stereocenters. The lowest BCUT2D eigenvalue weighted by molar-refractivity contribution is 0.0779. The number of halogens is 2. The number of hydrogen-bond donors (Lipinski definition) is 2. The first-order valence-electron chi connectivity index (χ1n) is 9.05. The van der Waals surface area contributed by atoms with Gasteiger partial charge in [-0.2, -0.15) is 0 Å². The van der Waals surface area contributed by atoms with E-state index in [-0.39, 0.29) is 22.8 Å². The maximum Gasteiger partial charge on any atom is 0.270 e. The molecule has 0 aliphatic carbocycles. The second-order valence-corrected chi connectivity index (χ2v) is 9.27. The van der Waals surface area contributed by atoms with Crippen molar-refractivity contribution in [3.63, 3.8) is 0 Å². The minimum atomic E-state index is -4.41. The number of hydrogen-bond acceptors (Lipinski definition) is 4. The number of nitrogens with one attached hydrogen (secondary N) is 1. The molecule has 2 aromatic carbocycles. The third-order valence-electron chi connectivity index (χ3n) is 4.68. The molecule has 3 N–H and O–H groups in total. The zero-order valence-electron chi connectivity index (χ0n) is 16.6. The highest BCUT2D eigenvalue weighted by Crippen LogP contribution is 2.31. The van der Waals surface area contributed by atoms with Crippen LogP contribution in [0.25, 0.3) is 0 Å². The van der Waals surface area contributed by atoms with E-state index in [0.717, 1.165) is 23.8 Å². The van der Waals surface area contributed by atoms with Gasteiger partial charge in [-0.25, -0.2) is 12.8 Å². The van der Waals surface area contributed by atoms with Crippen molar-refractivity contribution in [2.24, 2.45) is 5.73 Å². The number of carbonyl (C=O) groups excluding carboxylic acids is 2. The number of nitrogens with zero attached hydrogens (tertiary/aromatic N) is 1. The molecule has 31 heavy (non-hydrogen) atoms. The van der Waals surface area contributed by atoms with Gasteiger partial charge in [-0.15, -0.1) is 0 Å². The van der Waals surface area contributed by atoms with Crippen molar-refractivity contribution < 1.29 is 22.4 Å². The molecule has 1 aromatic heterocycles. The highest BCUT2D eigenvalue weighted by molar-refractivity contribution is 7.91. The van der Waals surface area contributed by atoms with Crippen molar-refractivity contribution in [1.82, 2.24) is 9.88 Å². The van der Waals surface area contributed by atoms with E-state index < -0.39 is 43.0 Å². The van der Waals surface area contributed by atoms with Gasteiger partial charge in [0.25, 0.3) is 11.8 Å². The molecule has 1 heterocycles. The Morgan fingerprint density at radius 1 is 1.13 bits per heavy atom. The van der Waals surface area contributed by atoms with Gasteiger partial charge in [-0.3, -0.25) is 9.59 Å². The summed E-state index contributed by atoms with van der Waals surface area (Å²) in [5, 5.41) is -0.133. The Morgan fingerprint density at radius 2 is 1.77 bits per heavy atom. The molecule has 0 radical (unpaired) electrons. The van der Waals surface area contributed by atoms with Crippen LogP contribution in [0.2, 0.25) is 5.02 Å². The van der Waals surface area contributed by atoms with Crippen LogP contribution in [-0.2, 0) is 16.4 Å². The Kier molecular flexibility index (Phi) is 6.19. The van der Waals surface area contributed by atoms with Crippen LogP contribution in [0.15, 0.2) is 58.3 Å². The van der Waals surface area contributed by atoms with Gasteiger partial charge in [0.05, 0.1) is 4.90 Å². The summed E-state index contributed by atoms with van der Waals surface area (Å²) in [5.74, 6) is -2.48. The summed E-state index contributed by atoms with van der Waals surface area (Å²) in [4.78, 5) is 28.0. The van der Waals surface area contributed by atoms with Crippen LogP contribution >= 0.6 is 11.6 Å². The van der Waals surface area contributed by atoms with E-state index in [1.54, 1.807) is 7.05 Å². The van der Waals surface area contributed by atoms with Crippen LogP contribution in [0, 0.1) is 12.7 Å². The van der Waals surface area contributed by atoms with Crippen molar-refractivity contribution in [3.8, 4) is 0 Å². The molecule has 0 bridgehead atoms.